The third-order valence-electron chi connectivity index (χ3n) is 5.24. The predicted molar refractivity (Wildman–Crippen MR) is 105 cm³/mol. The number of hydrogen-bond acceptors (Lipinski definition) is 5. The lowest BCUT2D eigenvalue weighted by molar-refractivity contribution is 0.0303. The molecule has 6 heteroatoms. The van der Waals surface area contributed by atoms with Crippen LogP contribution in [-0.2, 0) is 11.3 Å². The van der Waals surface area contributed by atoms with Crippen molar-refractivity contribution in [3.63, 3.8) is 0 Å². The van der Waals surface area contributed by atoms with Gasteiger partial charge in [0.15, 0.2) is 0 Å². The highest BCUT2D eigenvalue weighted by Gasteiger charge is 2.22. The Morgan fingerprint density at radius 3 is 2.44 bits per heavy atom. The summed E-state index contributed by atoms with van der Waals surface area (Å²) in [6, 6.07) is 14.3. The number of amides is 1. The maximum Gasteiger partial charge on any atom is 0.254 e. The SMILES string of the molecule is O=C(c1ccnc(N2CCN(Cc3ccccc3)CC2)c1)N1CCOCC1. The molecule has 2 fully saturated rings. The fourth-order valence-corrected chi connectivity index (χ4v) is 3.65. The van der Waals surface area contributed by atoms with Crippen molar-refractivity contribution in [2.75, 3.05) is 57.4 Å². The molecule has 0 saturated carbocycles. The fraction of sp³-hybridized carbons (Fsp3) is 0.429. The van der Waals surface area contributed by atoms with Crippen LogP contribution >= 0.6 is 0 Å². The Bertz CT molecular complexity index is 754. The standard InChI is InChI=1S/C21H26N4O2/c26-21(25-12-14-27-15-13-25)19-6-7-22-20(16-19)24-10-8-23(9-11-24)17-18-4-2-1-3-5-18/h1-7,16H,8-15,17H2. The number of hydrogen-bond donors (Lipinski definition) is 0. The number of carbonyl (C=O) groups excluding carboxylic acids is 1. The number of ether oxygens (including phenoxy) is 1. The molecule has 3 heterocycles. The first-order valence-electron chi connectivity index (χ1n) is 9.64. The van der Waals surface area contributed by atoms with E-state index in [9.17, 15) is 4.79 Å². The Balaban J connectivity index is 1.36. The molecule has 142 valence electrons. The maximum atomic E-state index is 12.7. The zero-order valence-corrected chi connectivity index (χ0v) is 15.6. The summed E-state index contributed by atoms with van der Waals surface area (Å²) in [6.45, 7) is 7.39. The van der Waals surface area contributed by atoms with Gasteiger partial charge in [0.1, 0.15) is 5.82 Å². The van der Waals surface area contributed by atoms with E-state index in [-0.39, 0.29) is 5.91 Å². The lowest BCUT2D eigenvalue weighted by atomic mass is 10.2. The first-order chi connectivity index (χ1) is 13.3. The van der Waals surface area contributed by atoms with E-state index in [4.69, 9.17) is 4.74 Å². The van der Waals surface area contributed by atoms with E-state index < -0.39 is 0 Å². The number of rotatable bonds is 4. The second kappa shape index (κ2) is 8.50. The molecule has 2 aliphatic rings. The van der Waals surface area contributed by atoms with Crippen LogP contribution in [0.5, 0.6) is 0 Å². The van der Waals surface area contributed by atoms with Gasteiger partial charge in [0.05, 0.1) is 13.2 Å². The highest BCUT2D eigenvalue weighted by molar-refractivity contribution is 5.94. The molecule has 27 heavy (non-hydrogen) atoms. The molecule has 0 atom stereocenters. The Morgan fingerprint density at radius 2 is 1.70 bits per heavy atom. The molecule has 1 aromatic carbocycles. The second-order valence-corrected chi connectivity index (χ2v) is 7.06. The molecule has 0 unspecified atom stereocenters. The summed E-state index contributed by atoms with van der Waals surface area (Å²) in [5, 5.41) is 0. The lowest BCUT2D eigenvalue weighted by Gasteiger charge is -2.35. The minimum absolute atomic E-state index is 0.0738. The van der Waals surface area contributed by atoms with Crippen molar-refractivity contribution in [2.24, 2.45) is 0 Å². The molecule has 1 amide bonds. The Kier molecular flexibility index (Phi) is 5.65. The predicted octanol–water partition coefficient (Wildman–Crippen LogP) is 1.88. The number of benzene rings is 1. The molecule has 2 saturated heterocycles. The average molecular weight is 366 g/mol. The lowest BCUT2D eigenvalue weighted by Crippen LogP contribution is -2.46. The average Bonchev–Trinajstić information content (AvgIpc) is 2.75. The summed E-state index contributed by atoms with van der Waals surface area (Å²) >= 11 is 0. The van der Waals surface area contributed by atoms with Gasteiger partial charge < -0.3 is 14.5 Å². The molecule has 2 aliphatic heterocycles. The maximum absolute atomic E-state index is 12.7. The number of pyridine rings is 1. The molecule has 6 nitrogen and oxygen atoms in total. The minimum Gasteiger partial charge on any atom is -0.378 e. The highest BCUT2D eigenvalue weighted by atomic mass is 16.5. The van der Waals surface area contributed by atoms with Crippen LogP contribution < -0.4 is 4.90 Å². The summed E-state index contributed by atoms with van der Waals surface area (Å²) < 4.78 is 5.34. The molecular weight excluding hydrogens is 340 g/mol. The molecule has 1 aromatic heterocycles. The number of aromatic nitrogens is 1. The fourth-order valence-electron chi connectivity index (χ4n) is 3.65. The van der Waals surface area contributed by atoms with Crippen LogP contribution in [-0.4, -0.2) is 73.2 Å². The highest BCUT2D eigenvalue weighted by Crippen LogP contribution is 2.18. The molecule has 2 aromatic rings. The summed E-state index contributed by atoms with van der Waals surface area (Å²) in [6.07, 6.45) is 1.75. The van der Waals surface area contributed by atoms with Gasteiger partial charge in [-0.1, -0.05) is 30.3 Å². The summed E-state index contributed by atoms with van der Waals surface area (Å²) in [5.41, 5.74) is 2.07. The Morgan fingerprint density at radius 1 is 0.963 bits per heavy atom. The summed E-state index contributed by atoms with van der Waals surface area (Å²) in [4.78, 5) is 23.8. The first-order valence-corrected chi connectivity index (χ1v) is 9.64. The van der Waals surface area contributed by atoms with Crippen molar-refractivity contribution in [3.8, 4) is 0 Å². The summed E-state index contributed by atoms with van der Waals surface area (Å²) in [5.74, 6) is 0.970. The van der Waals surface area contributed by atoms with Gasteiger partial charge in [-0.25, -0.2) is 4.98 Å². The minimum atomic E-state index is 0.0738. The van der Waals surface area contributed by atoms with E-state index in [1.54, 1.807) is 6.20 Å². The first kappa shape index (κ1) is 17.9. The number of carbonyl (C=O) groups is 1. The van der Waals surface area contributed by atoms with Crippen LogP contribution in [0.15, 0.2) is 48.7 Å². The van der Waals surface area contributed by atoms with Crippen molar-refractivity contribution in [1.82, 2.24) is 14.8 Å². The van der Waals surface area contributed by atoms with Crippen LogP contribution in [0.3, 0.4) is 0 Å². The van der Waals surface area contributed by atoms with Crippen LogP contribution in [0.2, 0.25) is 0 Å². The molecule has 0 aliphatic carbocycles. The third-order valence-corrected chi connectivity index (χ3v) is 5.24. The molecule has 0 radical (unpaired) electrons. The normalized spacial score (nSPS) is 18.5. The number of piperazine rings is 1. The van der Waals surface area contributed by atoms with Crippen molar-refractivity contribution in [3.05, 3.63) is 59.8 Å². The number of morpholine rings is 1. The van der Waals surface area contributed by atoms with E-state index in [0.717, 1.165) is 38.5 Å². The summed E-state index contributed by atoms with van der Waals surface area (Å²) in [7, 11) is 0. The van der Waals surface area contributed by atoms with E-state index in [1.165, 1.54) is 5.56 Å². The topological polar surface area (TPSA) is 48.9 Å². The monoisotopic (exact) mass is 366 g/mol. The molecule has 4 rings (SSSR count). The van der Waals surface area contributed by atoms with Gasteiger partial charge in [-0.3, -0.25) is 9.69 Å². The van der Waals surface area contributed by atoms with Crippen molar-refractivity contribution in [2.45, 2.75) is 6.54 Å². The van der Waals surface area contributed by atoms with Gasteiger partial charge in [-0.15, -0.1) is 0 Å². The van der Waals surface area contributed by atoms with Gasteiger partial charge in [0.2, 0.25) is 0 Å². The van der Waals surface area contributed by atoms with Crippen LogP contribution in [0.4, 0.5) is 5.82 Å². The zero-order chi connectivity index (χ0) is 18.5. The van der Waals surface area contributed by atoms with E-state index >= 15 is 0 Å². The van der Waals surface area contributed by atoms with E-state index in [1.807, 2.05) is 17.0 Å². The zero-order valence-electron chi connectivity index (χ0n) is 15.6. The second-order valence-electron chi connectivity index (χ2n) is 7.06. The van der Waals surface area contributed by atoms with E-state index in [2.05, 4.69) is 45.1 Å². The van der Waals surface area contributed by atoms with Gasteiger partial charge in [-0.2, -0.15) is 0 Å². The Labute approximate surface area is 160 Å². The Hall–Kier alpha value is -2.44. The van der Waals surface area contributed by atoms with Crippen molar-refractivity contribution in [1.29, 1.82) is 0 Å². The van der Waals surface area contributed by atoms with Crippen LogP contribution in [0.1, 0.15) is 15.9 Å². The van der Waals surface area contributed by atoms with Crippen LogP contribution in [0, 0.1) is 0 Å². The quantitative estimate of drug-likeness (QED) is 0.827. The van der Waals surface area contributed by atoms with Crippen molar-refractivity contribution >= 4 is 11.7 Å². The molecule has 0 spiro atoms. The number of anilines is 1. The van der Waals surface area contributed by atoms with Gasteiger partial charge in [-0.05, 0) is 17.7 Å². The third kappa shape index (κ3) is 4.46. The van der Waals surface area contributed by atoms with Gasteiger partial charge in [0.25, 0.3) is 5.91 Å². The largest absolute Gasteiger partial charge is 0.378 e. The molecular formula is C21H26N4O2. The number of nitrogens with zero attached hydrogens (tertiary/aromatic N) is 4. The van der Waals surface area contributed by atoms with Gasteiger partial charge in [0, 0.05) is 57.6 Å². The molecule has 0 N–H and O–H groups in total. The van der Waals surface area contributed by atoms with Gasteiger partial charge >= 0.3 is 0 Å². The van der Waals surface area contributed by atoms with E-state index in [0.29, 0.717) is 31.9 Å². The molecule has 0 bridgehead atoms. The van der Waals surface area contributed by atoms with Crippen LogP contribution in [0.25, 0.3) is 0 Å². The van der Waals surface area contributed by atoms with Crippen molar-refractivity contribution < 1.29 is 9.53 Å². The smallest absolute Gasteiger partial charge is 0.254 e.